The second-order valence-electron chi connectivity index (χ2n) is 5.21. The Bertz CT molecular complexity index is 893. The molecule has 1 atom stereocenters. The van der Waals surface area contributed by atoms with E-state index in [1.807, 2.05) is 18.4 Å². The van der Waals surface area contributed by atoms with Crippen molar-refractivity contribution >= 4 is 28.3 Å². The maximum absolute atomic E-state index is 12.0. The number of carbonyl (C=O) groups excluding carboxylic acids is 1. The van der Waals surface area contributed by atoms with Gasteiger partial charge in [-0.3, -0.25) is 9.36 Å². The lowest BCUT2D eigenvalue weighted by molar-refractivity contribution is -0.122. The van der Waals surface area contributed by atoms with Gasteiger partial charge in [0.2, 0.25) is 5.91 Å². The molecule has 0 bridgehead atoms. The number of nitrogens with one attached hydrogen (secondary N) is 1. The van der Waals surface area contributed by atoms with E-state index in [0.29, 0.717) is 11.1 Å². The van der Waals surface area contributed by atoms with Gasteiger partial charge in [-0.1, -0.05) is 12.1 Å². The molecule has 0 radical (unpaired) electrons. The second-order valence-corrected chi connectivity index (χ2v) is 6.16. The van der Waals surface area contributed by atoms with Crippen molar-refractivity contribution in [2.24, 2.45) is 0 Å². The van der Waals surface area contributed by atoms with Crippen molar-refractivity contribution in [3.63, 3.8) is 0 Å². The van der Waals surface area contributed by atoms with Crippen molar-refractivity contribution < 1.29 is 14.3 Å². The molecule has 120 valence electrons. The molecule has 0 saturated heterocycles. The van der Waals surface area contributed by atoms with E-state index in [-0.39, 0.29) is 19.0 Å². The molecule has 2 heterocycles. The monoisotopic (exact) mass is 332 g/mol. The second kappa shape index (κ2) is 6.39. The summed E-state index contributed by atoms with van der Waals surface area (Å²) in [4.78, 5) is 24.7. The average molecular weight is 332 g/mol. The number of para-hydroxylation sites is 2. The van der Waals surface area contributed by atoms with Gasteiger partial charge in [-0.05, 0) is 36.1 Å². The lowest BCUT2D eigenvalue weighted by Gasteiger charge is -2.11. The first-order chi connectivity index (χ1) is 11.1. The highest BCUT2D eigenvalue weighted by atomic mass is 32.1. The minimum atomic E-state index is -0.753. The maximum Gasteiger partial charge on any atom is 0.420 e. The van der Waals surface area contributed by atoms with Crippen LogP contribution in [0.1, 0.15) is 16.5 Å². The van der Waals surface area contributed by atoms with Gasteiger partial charge in [0.1, 0.15) is 12.6 Å². The van der Waals surface area contributed by atoms with Gasteiger partial charge in [0.25, 0.3) is 0 Å². The summed E-state index contributed by atoms with van der Waals surface area (Å²) in [6.07, 6.45) is -0.753. The summed E-state index contributed by atoms with van der Waals surface area (Å²) < 4.78 is 6.35. The van der Waals surface area contributed by atoms with Crippen LogP contribution in [0, 0.1) is 6.92 Å². The van der Waals surface area contributed by atoms with Crippen molar-refractivity contribution in [1.29, 1.82) is 0 Å². The molecule has 3 rings (SSSR count). The molecule has 1 aromatic carbocycles. The molecule has 7 heteroatoms. The van der Waals surface area contributed by atoms with Crippen LogP contribution < -0.4 is 11.1 Å². The van der Waals surface area contributed by atoms with Crippen molar-refractivity contribution in [1.82, 2.24) is 9.88 Å². The first kappa shape index (κ1) is 15.5. The summed E-state index contributed by atoms with van der Waals surface area (Å²) >= 11 is 1.45. The van der Waals surface area contributed by atoms with Crippen molar-refractivity contribution in [2.45, 2.75) is 19.6 Å². The predicted molar refractivity (Wildman–Crippen MR) is 87.5 cm³/mol. The van der Waals surface area contributed by atoms with Gasteiger partial charge in [0.15, 0.2) is 5.58 Å². The summed E-state index contributed by atoms with van der Waals surface area (Å²) in [6, 6.07) is 8.85. The van der Waals surface area contributed by atoms with E-state index in [1.165, 1.54) is 15.9 Å². The van der Waals surface area contributed by atoms with E-state index < -0.39 is 11.9 Å². The van der Waals surface area contributed by atoms with Crippen LogP contribution in [0.15, 0.2) is 44.9 Å². The summed E-state index contributed by atoms with van der Waals surface area (Å²) in [5.41, 5.74) is 2.01. The zero-order valence-electron chi connectivity index (χ0n) is 12.5. The molecule has 1 amide bonds. The molecule has 3 aromatic rings. The molecular weight excluding hydrogens is 316 g/mol. The molecule has 0 unspecified atom stereocenters. The summed E-state index contributed by atoms with van der Waals surface area (Å²) in [5.74, 6) is -0.928. The summed E-state index contributed by atoms with van der Waals surface area (Å²) in [6.45, 7) is 1.87. The van der Waals surface area contributed by atoms with Crippen LogP contribution in [0.3, 0.4) is 0 Å². The Morgan fingerprint density at radius 3 is 2.91 bits per heavy atom. The standard InChI is InChI=1S/C16H16N2O4S/c1-10-6-7-23-15(10)12(19)8-17-14(20)9-18-11-4-2-3-5-13(11)22-16(18)21/h2-7,12,19H,8-9H2,1H3,(H,17,20)/t12-/m0/s1. The number of thiophene rings is 1. The molecule has 0 fully saturated rings. The number of aryl methyl sites for hydroxylation is 1. The number of carbonyl (C=O) groups is 1. The van der Waals surface area contributed by atoms with Gasteiger partial charge in [-0.25, -0.2) is 4.79 Å². The summed E-state index contributed by atoms with van der Waals surface area (Å²) in [7, 11) is 0. The van der Waals surface area contributed by atoms with E-state index in [2.05, 4.69) is 5.32 Å². The Morgan fingerprint density at radius 1 is 1.39 bits per heavy atom. The third kappa shape index (κ3) is 3.20. The highest BCUT2D eigenvalue weighted by molar-refractivity contribution is 7.10. The molecule has 2 N–H and O–H groups in total. The number of hydrogen-bond acceptors (Lipinski definition) is 5. The molecule has 6 nitrogen and oxygen atoms in total. The fourth-order valence-electron chi connectivity index (χ4n) is 2.39. The predicted octanol–water partition coefficient (Wildman–Crippen LogP) is 1.81. The van der Waals surface area contributed by atoms with Gasteiger partial charge in [0.05, 0.1) is 5.52 Å². The Kier molecular flexibility index (Phi) is 4.31. The normalized spacial score (nSPS) is 12.4. The number of rotatable bonds is 5. The van der Waals surface area contributed by atoms with E-state index >= 15 is 0 Å². The van der Waals surface area contributed by atoms with Crippen LogP contribution >= 0.6 is 11.3 Å². The van der Waals surface area contributed by atoms with Crippen LogP contribution in [0.2, 0.25) is 0 Å². The summed E-state index contributed by atoms with van der Waals surface area (Å²) in [5, 5.41) is 14.6. The minimum absolute atomic E-state index is 0.102. The number of aliphatic hydroxyl groups excluding tert-OH is 1. The van der Waals surface area contributed by atoms with E-state index in [0.717, 1.165) is 10.4 Å². The van der Waals surface area contributed by atoms with Crippen LogP contribution in [0.4, 0.5) is 0 Å². The number of oxazole rings is 1. The van der Waals surface area contributed by atoms with Gasteiger partial charge in [-0.2, -0.15) is 0 Å². The highest BCUT2D eigenvalue weighted by Gasteiger charge is 2.15. The van der Waals surface area contributed by atoms with E-state index in [1.54, 1.807) is 24.3 Å². The number of fused-ring (bicyclic) bond motifs is 1. The molecule has 0 spiro atoms. The van der Waals surface area contributed by atoms with Crippen molar-refractivity contribution in [3.05, 3.63) is 56.7 Å². The lowest BCUT2D eigenvalue weighted by Crippen LogP contribution is -2.33. The van der Waals surface area contributed by atoms with Crippen LogP contribution in [-0.4, -0.2) is 22.1 Å². The highest BCUT2D eigenvalue weighted by Crippen LogP contribution is 2.23. The van der Waals surface area contributed by atoms with Gasteiger partial charge < -0.3 is 14.8 Å². The van der Waals surface area contributed by atoms with Crippen LogP contribution in [0.25, 0.3) is 11.1 Å². The quantitative estimate of drug-likeness (QED) is 0.746. The molecule has 0 aliphatic carbocycles. The minimum Gasteiger partial charge on any atom is -0.408 e. The first-order valence-electron chi connectivity index (χ1n) is 7.13. The molecule has 0 aliphatic heterocycles. The smallest absolute Gasteiger partial charge is 0.408 e. The third-order valence-electron chi connectivity index (χ3n) is 3.57. The van der Waals surface area contributed by atoms with Crippen LogP contribution in [-0.2, 0) is 11.3 Å². The fraction of sp³-hybridized carbons (Fsp3) is 0.250. The number of hydrogen-bond donors (Lipinski definition) is 2. The zero-order chi connectivity index (χ0) is 16.4. The van der Waals surface area contributed by atoms with Crippen molar-refractivity contribution in [2.75, 3.05) is 6.54 Å². The third-order valence-corrected chi connectivity index (χ3v) is 4.69. The Labute approximate surface area is 136 Å². The van der Waals surface area contributed by atoms with E-state index in [9.17, 15) is 14.7 Å². The molecule has 2 aromatic heterocycles. The van der Waals surface area contributed by atoms with Gasteiger partial charge in [0, 0.05) is 11.4 Å². The van der Waals surface area contributed by atoms with Gasteiger partial charge in [-0.15, -0.1) is 11.3 Å². The maximum atomic E-state index is 12.0. The largest absolute Gasteiger partial charge is 0.420 e. The number of nitrogens with zero attached hydrogens (tertiary/aromatic N) is 1. The van der Waals surface area contributed by atoms with Crippen LogP contribution in [0.5, 0.6) is 0 Å². The number of benzene rings is 1. The number of aliphatic hydroxyl groups is 1. The Hall–Kier alpha value is -2.38. The molecule has 0 saturated carbocycles. The Balaban J connectivity index is 1.66. The molecule has 0 aliphatic rings. The fourth-order valence-corrected chi connectivity index (χ4v) is 3.31. The first-order valence-corrected chi connectivity index (χ1v) is 8.01. The average Bonchev–Trinajstić information content (AvgIpc) is 3.09. The molecule has 23 heavy (non-hydrogen) atoms. The Morgan fingerprint density at radius 2 is 2.17 bits per heavy atom. The van der Waals surface area contributed by atoms with Crippen molar-refractivity contribution in [3.8, 4) is 0 Å². The van der Waals surface area contributed by atoms with E-state index in [4.69, 9.17) is 4.42 Å². The number of aromatic nitrogens is 1. The SMILES string of the molecule is Cc1ccsc1[C@@H](O)CNC(=O)Cn1c(=O)oc2ccccc21. The number of amides is 1. The topological polar surface area (TPSA) is 84.5 Å². The molecular formula is C16H16N2O4S. The van der Waals surface area contributed by atoms with Gasteiger partial charge >= 0.3 is 5.76 Å². The zero-order valence-corrected chi connectivity index (χ0v) is 13.3. The lowest BCUT2D eigenvalue weighted by atomic mass is 10.2.